The van der Waals surface area contributed by atoms with E-state index in [1.807, 2.05) is 0 Å². The van der Waals surface area contributed by atoms with Crippen LogP contribution < -0.4 is 11.1 Å². The Balaban J connectivity index is 2.19. The maximum Gasteiger partial charge on any atom is 0.185 e. The van der Waals surface area contributed by atoms with Crippen molar-refractivity contribution in [1.82, 2.24) is 5.32 Å². The average Bonchev–Trinajstić information content (AvgIpc) is 1.88. The van der Waals surface area contributed by atoms with Crippen LogP contribution >= 0.6 is 12.2 Å². The summed E-state index contributed by atoms with van der Waals surface area (Å²) < 4.78 is 0. The predicted octanol–water partition coefficient (Wildman–Crippen LogP) is 1.17. The Bertz CT molecular complexity index is 119. The van der Waals surface area contributed by atoms with Gasteiger partial charge in [0.15, 0.2) is 5.11 Å². The Morgan fingerprint density at radius 2 is 1.90 bits per heavy atom. The number of hydrogen-bond donors (Lipinski definition) is 1. The fourth-order valence-electron chi connectivity index (χ4n) is 1.39. The number of rotatable bonds is 1. The summed E-state index contributed by atoms with van der Waals surface area (Å²) in [6.45, 7) is 0. The Morgan fingerprint density at radius 1 is 1.30 bits per heavy atom. The topological polar surface area (TPSA) is 40.1 Å². The number of nitrogens with two attached hydrogens (primary N) is 1. The average molecular weight is 157 g/mol. The van der Waals surface area contributed by atoms with Crippen LogP contribution in [0.2, 0.25) is 0 Å². The smallest absolute Gasteiger partial charge is 0.185 e. The summed E-state index contributed by atoms with van der Waals surface area (Å²) in [6, 6.07) is 0.436. The zero-order valence-corrected chi connectivity index (χ0v) is 6.86. The third-order valence-corrected chi connectivity index (χ3v) is 1.99. The minimum Gasteiger partial charge on any atom is -0.375 e. The Kier molecular flexibility index (Phi) is 2.93. The minimum absolute atomic E-state index is 0.326. The first-order chi connectivity index (χ1) is 4.79. The molecule has 1 fully saturated rings. The van der Waals surface area contributed by atoms with Gasteiger partial charge in [-0.15, -0.1) is 0 Å². The maximum atomic E-state index is 5.29. The van der Waals surface area contributed by atoms with Gasteiger partial charge in [-0.05, 0) is 25.1 Å². The first-order valence-corrected chi connectivity index (χ1v) is 4.20. The highest BCUT2D eigenvalue weighted by atomic mass is 32.1. The van der Waals surface area contributed by atoms with Crippen molar-refractivity contribution in [2.75, 3.05) is 0 Å². The molecule has 0 bridgehead atoms. The van der Waals surface area contributed by atoms with Gasteiger partial charge in [0, 0.05) is 0 Å². The van der Waals surface area contributed by atoms with Gasteiger partial charge in [0.2, 0.25) is 0 Å². The third kappa shape index (κ3) is 2.52. The Morgan fingerprint density at radius 3 is 2.40 bits per heavy atom. The first-order valence-electron chi connectivity index (χ1n) is 3.79. The molecule has 10 heavy (non-hydrogen) atoms. The summed E-state index contributed by atoms with van der Waals surface area (Å²) >= 11 is 4.69. The molecule has 1 aliphatic rings. The molecule has 2 N–H and O–H groups in total. The summed E-state index contributed by atoms with van der Waals surface area (Å²) in [6.07, 6.45) is 6.28. The summed E-state index contributed by atoms with van der Waals surface area (Å²) in [5.41, 5.74) is 5.29. The molecule has 1 rings (SSSR count). The van der Waals surface area contributed by atoms with Crippen molar-refractivity contribution in [3.8, 4) is 0 Å². The van der Waals surface area contributed by atoms with Crippen molar-refractivity contribution in [3.63, 3.8) is 0 Å². The SMILES string of the molecule is NC(=S)[N]C1CCCCC1. The first kappa shape index (κ1) is 7.79. The van der Waals surface area contributed by atoms with Crippen molar-refractivity contribution < 1.29 is 0 Å². The molecule has 0 aromatic carbocycles. The second kappa shape index (κ2) is 3.76. The van der Waals surface area contributed by atoms with E-state index in [4.69, 9.17) is 5.73 Å². The summed E-state index contributed by atoms with van der Waals surface area (Å²) in [7, 11) is 0. The molecule has 0 atom stereocenters. The lowest BCUT2D eigenvalue weighted by atomic mass is 9.96. The molecule has 0 amide bonds. The molecule has 0 unspecified atom stereocenters. The highest BCUT2D eigenvalue weighted by Gasteiger charge is 2.13. The Labute approximate surface area is 67.2 Å². The lowest BCUT2D eigenvalue weighted by molar-refractivity contribution is 0.410. The van der Waals surface area contributed by atoms with Crippen LogP contribution in [0.1, 0.15) is 32.1 Å². The van der Waals surface area contributed by atoms with Crippen molar-refractivity contribution >= 4 is 17.3 Å². The number of hydrogen-bond acceptors (Lipinski definition) is 1. The molecule has 2 nitrogen and oxygen atoms in total. The quantitative estimate of drug-likeness (QED) is 0.580. The monoisotopic (exact) mass is 157 g/mol. The fourth-order valence-corrected chi connectivity index (χ4v) is 1.54. The van der Waals surface area contributed by atoms with Crippen molar-refractivity contribution in [1.29, 1.82) is 0 Å². The van der Waals surface area contributed by atoms with Crippen LogP contribution in [-0.2, 0) is 0 Å². The summed E-state index contributed by atoms with van der Waals surface area (Å²) in [4.78, 5) is 0. The van der Waals surface area contributed by atoms with Gasteiger partial charge in [-0.2, -0.15) is 0 Å². The van der Waals surface area contributed by atoms with E-state index < -0.39 is 0 Å². The van der Waals surface area contributed by atoms with Crippen LogP contribution in [0.4, 0.5) is 0 Å². The van der Waals surface area contributed by atoms with Crippen molar-refractivity contribution in [2.24, 2.45) is 5.73 Å². The van der Waals surface area contributed by atoms with E-state index in [-0.39, 0.29) is 0 Å². The molecule has 0 aliphatic heterocycles. The van der Waals surface area contributed by atoms with Crippen molar-refractivity contribution in [2.45, 2.75) is 38.1 Å². The van der Waals surface area contributed by atoms with E-state index in [2.05, 4.69) is 17.5 Å². The van der Waals surface area contributed by atoms with Crippen LogP contribution in [0.5, 0.6) is 0 Å². The van der Waals surface area contributed by atoms with Gasteiger partial charge in [0.1, 0.15) is 0 Å². The van der Waals surface area contributed by atoms with E-state index in [1.165, 1.54) is 32.1 Å². The highest BCUT2D eigenvalue weighted by Crippen LogP contribution is 2.17. The molecule has 0 spiro atoms. The number of thiocarbonyl (C=S) groups is 1. The molecule has 1 aliphatic carbocycles. The molecule has 0 heterocycles. The molecular weight excluding hydrogens is 144 g/mol. The van der Waals surface area contributed by atoms with E-state index >= 15 is 0 Å². The van der Waals surface area contributed by atoms with Crippen LogP contribution in [0.25, 0.3) is 0 Å². The molecule has 3 heteroatoms. The second-order valence-electron chi connectivity index (χ2n) is 2.76. The highest BCUT2D eigenvalue weighted by molar-refractivity contribution is 7.80. The van der Waals surface area contributed by atoms with Gasteiger partial charge in [0.05, 0.1) is 6.04 Å². The maximum absolute atomic E-state index is 5.29. The molecule has 1 saturated carbocycles. The lowest BCUT2D eigenvalue weighted by Gasteiger charge is -2.20. The molecule has 57 valence electrons. The third-order valence-electron chi connectivity index (χ3n) is 1.88. The van der Waals surface area contributed by atoms with Gasteiger partial charge in [-0.1, -0.05) is 19.3 Å². The standard InChI is InChI=1S/C7H13N2S/c8-7(10)9-6-4-2-1-3-5-6/h6H,1-5H2,(H2,8,10). The van der Waals surface area contributed by atoms with Gasteiger partial charge in [-0.3, -0.25) is 5.32 Å². The van der Waals surface area contributed by atoms with Gasteiger partial charge < -0.3 is 5.73 Å². The molecule has 0 aromatic heterocycles. The Hall–Kier alpha value is -0.310. The van der Waals surface area contributed by atoms with Gasteiger partial charge in [-0.25, -0.2) is 0 Å². The zero-order valence-electron chi connectivity index (χ0n) is 6.05. The van der Waals surface area contributed by atoms with E-state index in [1.54, 1.807) is 0 Å². The van der Waals surface area contributed by atoms with Gasteiger partial charge >= 0.3 is 0 Å². The van der Waals surface area contributed by atoms with Crippen LogP contribution in [0.3, 0.4) is 0 Å². The molecule has 1 radical (unpaired) electrons. The van der Waals surface area contributed by atoms with Crippen LogP contribution in [0.15, 0.2) is 0 Å². The van der Waals surface area contributed by atoms with Gasteiger partial charge in [0.25, 0.3) is 0 Å². The second-order valence-corrected chi connectivity index (χ2v) is 3.18. The summed E-state index contributed by atoms with van der Waals surface area (Å²) in [5.74, 6) is 0. The van der Waals surface area contributed by atoms with E-state index in [0.717, 1.165) is 0 Å². The summed E-state index contributed by atoms with van der Waals surface area (Å²) in [5, 5.41) is 4.47. The van der Waals surface area contributed by atoms with E-state index in [9.17, 15) is 0 Å². The fraction of sp³-hybridized carbons (Fsp3) is 0.857. The van der Waals surface area contributed by atoms with Crippen LogP contribution in [0, 0.1) is 0 Å². The molecular formula is C7H13N2S. The largest absolute Gasteiger partial charge is 0.375 e. The zero-order chi connectivity index (χ0) is 7.40. The predicted molar refractivity (Wildman–Crippen MR) is 45.8 cm³/mol. The lowest BCUT2D eigenvalue weighted by Crippen LogP contribution is -2.33. The molecule has 0 aromatic rings. The molecule has 0 saturated heterocycles. The van der Waals surface area contributed by atoms with Crippen molar-refractivity contribution in [3.05, 3.63) is 0 Å². The van der Waals surface area contributed by atoms with E-state index in [0.29, 0.717) is 11.2 Å². The normalized spacial score (nSPS) is 20.4. The van der Waals surface area contributed by atoms with Crippen LogP contribution in [-0.4, -0.2) is 11.2 Å². The number of nitrogens with zero attached hydrogens (tertiary/aromatic N) is 1. The minimum atomic E-state index is 0.326.